The Morgan fingerprint density at radius 3 is 1.58 bits per heavy atom. The van der Waals surface area contributed by atoms with Crippen LogP contribution in [0.1, 0.15) is 13.8 Å². The maximum atomic E-state index is 13.6. The zero-order valence-electron chi connectivity index (χ0n) is 24.2. The lowest BCUT2D eigenvalue weighted by molar-refractivity contribution is -0.0305. The van der Waals surface area contributed by atoms with E-state index in [2.05, 4.69) is 31.9 Å². The summed E-state index contributed by atoms with van der Waals surface area (Å²) < 4.78 is 103. The van der Waals surface area contributed by atoms with Crippen molar-refractivity contribution < 1.29 is 49.4 Å². The molecule has 0 N–H and O–H groups in total. The van der Waals surface area contributed by atoms with Gasteiger partial charge in [-0.2, -0.15) is 0 Å². The first-order valence-electron chi connectivity index (χ1n) is 13.3. The largest absolute Gasteiger partial charge is 0.382 e. The molecule has 2 saturated heterocycles. The van der Waals surface area contributed by atoms with Crippen LogP contribution in [0.3, 0.4) is 0 Å². The predicted molar refractivity (Wildman–Crippen MR) is 165 cm³/mol. The normalized spacial score (nSPS) is 31.2. The Bertz CT molecular complexity index is 1520. The van der Waals surface area contributed by atoms with E-state index in [1.807, 2.05) is 0 Å². The first-order valence-corrected chi connectivity index (χ1v) is 20.0. The molecular weight excluding hydrogens is 755 g/mol. The molecule has 3 unspecified atom stereocenters. The number of halogens is 2. The van der Waals surface area contributed by atoms with Crippen LogP contribution in [0.4, 0.5) is 0 Å². The van der Waals surface area contributed by atoms with Gasteiger partial charge in [0.15, 0.2) is 10.9 Å². The predicted octanol–water partition coefficient (Wildman–Crippen LogP) is 5.07. The lowest BCUT2D eigenvalue weighted by atomic mass is 10.0. The molecule has 2 heterocycles. The van der Waals surface area contributed by atoms with Gasteiger partial charge in [0.25, 0.3) is 0 Å². The molecule has 2 aliphatic rings. The van der Waals surface area contributed by atoms with E-state index in [1.165, 1.54) is 45.1 Å². The van der Waals surface area contributed by atoms with E-state index in [0.717, 1.165) is 8.95 Å². The highest BCUT2D eigenvalue weighted by atomic mass is 79.9. The topological polar surface area (TPSA) is 141 Å². The van der Waals surface area contributed by atoms with E-state index in [0.29, 0.717) is 0 Å². The third-order valence-electron chi connectivity index (χ3n) is 7.53. The molecule has 16 heteroatoms. The summed E-state index contributed by atoms with van der Waals surface area (Å²) in [6.45, 7) is 4.31. The Labute approximate surface area is 269 Å². The van der Waals surface area contributed by atoms with Gasteiger partial charge in [-0.3, -0.25) is 4.57 Å². The maximum Gasteiger partial charge on any atom is 0.328 e. The quantitative estimate of drug-likeness (QED) is 0.267. The number of sulfone groups is 2. The molecule has 0 spiro atoms. The minimum Gasteiger partial charge on any atom is -0.382 e. The van der Waals surface area contributed by atoms with Crippen molar-refractivity contribution in [2.24, 2.45) is 11.8 Å². The Kier molecular flexibility index (Phi) is 11.4. The van der Waals surface area contributed by atoms with Crippen molar-refractivity contribution in [1.82, 2.24) is 0 Å². The van der Waals surface area contributed by atoms with Gasteiger partial charge in [0, 0.05) is 41.7 Å². The summed E-state index contributed by atoms with van der Waals surface area (Å²) in [6.07, 6.45) is -3.34. The summed E-state index contributed by atoms with van der Waals surface area (Å²) in [5, 5.41) is 0. The van der Waals surface area contributed by atoms with E-state index >= 15 is 0 Å². The van der Waals surface area contributed by atoms with Crippen LogP contribution in [0.5, 0.6) is 0 Å². The van der Waals surface area contributed by atoms with Crippen LogP contribution in [-0.2, 0) is 52.2 Å². The smallest absolute Gasteiger partial charge is 0.328 e. The standard InChI is InChI=1S/C27H35Br2O11PS2/c1-16-24(36-4)23(39-26(16)42(31,32)20-10-6-18(28)7-11-20)15-37-41(5,30)40-25-17(2)27(38-22(25)14-35-3)43(33,34)21-12-8-19(29)9-13-21/h6-13,16-17,22-27H,14-15H2,1-5H3/t16?,17?,22-,23-,24-,25-,26+,27+,41?/m1/s1. The zero-order valence-corrected chi connectivity index (χ0v) is 29.9. The lowest BCUT2D eigenvalue weighted by Crippen LogP contribution is -2.34. The molecule has 9 atom stereocenters. The number of methoxy groups -OCH3 is 2. The van der Waals surface area contributed by atoms with Crippen molar-refractivity contribution in [1.29, 1.82) is 0 Å². The minimum atomic E-state index is -3.94. The van der Waals surface area contributed by atoms with Crippen LogP contribution in [0.25, 0.3) is 0 Å². The van der Waals surface area contributed by atoms with Crippen molar-refractivity contribution in [2.45, 2.75) is 58.9 Å². The van der Waals surface area contributed by atoms with Crippen LogP contribution in [0.15, 0.2) is 67.3 Å². The lowest BCUT2D eigenvalue weighted by Gasteiger charge is -2.26. The van der Waals surface area contributed by atoms with E-state index in [9.17, 15) is 21.4 Å². The molecule has 11 nitrogen and oxygen atoms in total. The summed E-state index contributed by atoms with van der Waals surface area (Å²) in [7, 11) is -8.81. The molecule has 43 heavy (non-hydrogen) atoms. The maximum absolute atomic E-state index is 13.6. The van der Waals surface area contributed by atoms with Gasteiger partial charge in [0.1, 0.15) is 18.3 Å². The Morgan fingerprint density at radius 2 is 1.16 bits per heavy atom. The summed E-state index contributed by atoms with van der Waals surface area (Å²) >= 11 is 6.60. The summed E-state index contributed by atoms with van der Waals surface area (Å²) in [5.74, 6) is -1.30. The molecule has 2 fully saturated rings. The average Bonchev–Trinajstić information content (AvgIpc) is 3.44. The molecule has 2 aliphatic heterocycles. The summed E-state index contributed by atoms with van der Waals surface area (Å²) in [6, 6.07) is 12.4. The molecule has 0 amide bonds. The number of hydrogen-bond acceptors (Lipinski definition) is 11. The Hall–Kier alpha value is -0.710. The molecule has 240 valence electrons. The fraction of sp³-hybridized carbons (Fsp3) is 0.556. The molecular formula is C27H35Br2O11PS2. The van der Waals surface area contributed by atoms with E-state index in [1.54, 1.807) is 38.1 Å². The van der Waals surface area contributed by atoms with Crippen molar-refractivity contribution in [3.63, 3.8) is 0 Å². The van der Waals surface area contributed by atoms with Crippen LogP contribution in [-0.4, -0.2) is 86.2 Å². The Morgan fingerprint density at radius 1 is 0.744 bits per heavy atom. The van der Waals surface area contributed by atoms with Crippen LogP contribution >= 0.6 is 39.5 Å². The van der Waals surface area contributed by atoms with Gasteiger partial charge in [0.2, 0.25) is 19.7 Å². The molecule has 0 aromatic heterocycles. The molecule has 0 saturated carbocycles. The first kappa shape index (κ1) is 35.1. The molecule has 4 rings (SSSR count). The van der Waals surface area contributed by atoms with Gasteiger partial charge in [-0.05, 0) is 48.5 Å². The third kappa shape index (κ3) is 7.65. The van der Waals surface area contributed by atoms with E-state index < -0.39 is 74.4 Å². The fourth-order valence-electron chi connectivity index (χ4n) is 5.39. The molecule has 0 radical (unpaired) electrons. The highest BCUT2D eigenvalue weighted by molar-refractivity contribution is 9.10. The zero-order chi connectivity index (χ0) is 31.7. The summed E-state index contributed by atoms with van der Waals surface area (Å²) in [4.78, 5) is 0.173. The van der Waals surface area contributed by atoms with Crippen LogP contribution in [0, 0.1) is 11.8 Å². The number of benzene rings is 2. The van der Waals surface area contributed by atoms with E-state index in [4.69, 9.17) is 28.0 Å². The van der Waals surface area contributed by atoms with Crippen molar-refractivity contribution in [3.05, 3.63) is 57.5 Å². The van der Waals surface area contributed by atoms with Gasteiger partial charge in [-0.15, -0.1) is 0 Å². The number of hydrogen-bond donors (Lipinski definition) is 0. The van der Waals surface area contributed by atoms with Gasteiger partial charge in [-0.1, -0.05) is 45.7 Å². The first-order chi connectivity index (χ1) is 20.1. The van der Waals surface area contributed by atoms with Gasteiger partial charge in [0.05, 0.1) is 29.1 Å². The monoisotopic (exact) mass is 788 g/mol. The highest BCUT2D eigenvalue weighted by Crippen LogP contribution is 2.51. The highest BCUT2D eigenvalue weighted by Gasteiger charge is 2.52. The fourth-order valence-corrected chi connectivity index (χ4v) is 10.7. The van der Waals surface area contributed by atoms with Crippen molar-refractivity contribution in [3.8, 4) is 0 Å². The van der Waals surface area contributed by atoms with Gasteiger partial charge in [-0.25, -0.2) is 16.8 Å². The number of ether oxygens (including phenoxy) is 4. The molecule has 0 bridgehead atoms. The molecule has 2 aromatic carbocycles. The minimum absolute atomic E-state index is 0.00798. The van der Waals surface area contributed by atoms with Crippen LogP contribution < -0.4 is 0 Å². The van der Waals surface area contributed by atoms with Crippen molar-refractivity contribution in [2.75, 3.05) is 34.1 Å². The Balaban J connectivity index is 1.47. The second-order valence-corrected chi connectivity index (χ2v) is 18.5. The molecule has 2 aromatic rings. The van der Waals surface area contributed by atoms with Gasteiger partial charge < -0.3 is 28.0 Å². The third-order valence-corrected chi connectivity index (χ3v) is 14.0. The second-order valence-electron chi connectivity index (χ2n) is 10.6. The second kappa shape index (κ2) is 14.0. The average molecular weight is 790 g/mol. The summed E-state index contributed by atoms with van der Waals surface area (Å²) in [5.41, 5.74) is -2.50. The molecule has 0 aliphatic carbocycles. The van der Waals surface area contributed by atoms with Crippen LogP contribution in [0.2, 0.25) is 0 Å². The SMILES string of the molecule is COC[C@H]1O[C@@H](S(=O)(=O)c2ccc(Br)cc2)C(C)[C@H]1OP(C)(=O)OC[C@H]1O[C@@H](S(=O)(=O)c2ccc(Br)cc2)C(C)[C@H]1OC. The van der Waals surface area contributed by atoms with Crippen molar-refractivity contribution >= 4 is 59.1 Å². The number of rotatable bonds is 12. The van der Waals surface area contributed by atoms with Gasteiger partial charge >= 0.3 is 7.60 Å². The van der Waals surface area contributed by atoms with E-state index in [-0.39, 0.29) is 23.0 Å².